The Kier molecular flexibility index (Phi) is 6.98. The summed E-state index contributed by atoms with van der Waals surface area (Å²) in [4.78, 5) is 11.5. The molecule has 0 fully saturated rings. The van der Waals surface area contributed by atoms with E-state index in [2.05, 4.69) is 33.4 Å². The molecule has 3 N–H and O–H groups in total. The lowest BCUT2D eigenvalue weighted by atomic mass is 10.1. The quantitative estimate of drug-likeness (QED) is 0.812. The maximum absolute atomic E-state index is 11.5. The summed E-state index contributed by atoms with van der Waals surface area (Å²) in [5.74, 6) is 0.466. The van der Waals surface area contributed by atoms with E-state index in [-0.39, 0.29) is 5.91 Å². The smallest absolute Gasteiger partial charge is 0.220 e. The molecule has 0 saturated heterocycles. The number of hydrogen-bond acceptors (Lipinski definition) is 2. The molecule has 0 saturated carbocycles. The molecule has 18 heavy (non-hydrogen) atoms. The number of halogens is 1. The Balaban J connectivity index is 2.17. The monoisotopic (exact) mass is 312 g/mol. The van der Waals surface area contributed by atoms with Gasteiger partial charge in [-0.15, -0.1) is 0 Å². The van der Waals surface area contributed by atoms with Gasteiger partial charge in [-0.25, -0.2) is 0 Å². The van der Waals surface area contributed by atoms with Gasteiger partial charge in [-0.1, -0.05) is 35.0 Å². The summed E-state index contributed by atoms with van der Waals surface area (Å²) in [7, 11) is 0. The Hall–Kier alpha value is -0.870. The van der Waals surface area contributed by atoms with Crippen LogP contribution in [0.5, 0.6) is 0 Å². The highest BCUT2D eigenvalue weighted by molar-refractivity contribution is 9.10. The zero-order chi connectivity index (χ0) is 13.4. The Morgan fingerprint density at radius 2 is 2.06 bits per heavy atom. The molecule has 0 heterocycles. The van der Waals surface area contributed by atoms with E-state index in [0.29, 0.717) is 25.4 Å². The topological polar surface area (TPSA) is 55.1 Å². The molecule has 0 aromatic heterocycles. The number of carbonyl (C=O) groups excluding carboxylic acids is 1. The lowest BCUT2D eigenvalue weighted by Crippen LogP contribution is -2.31. The van der Waals surface area contributed by atoms with Crippen LogP contribution in [0.2, 0.25) is 0 Å². The number of hydrogen-bond donors (Lipinski definition) is 2. The number of rotatable bonds is 7. The third-order valence-corrected chi connectivity index (χ3v) is 3.36. The van der Waals surface area contributed by atoms with Gasteiger partial charge >= 0.3 is 0 Å². The van der Waals surface area contributed by atoms with E-state index >= 15 is 0 Å². The SMILES string of the molecule is CC(CN)CNC(=O)CCCc1ccc(Br)cc1. The fourth-order valence-electron chi connectivity index (χ4n) is 1.56. The van der Waals surface area contributed by atoms with Crippen LogP contribution in [0.25, 0.3) is 0 Å². The van der Waals surface area contributed by atoms with Crippen molar-refractivity contribution in [2.24, 2.45) is 11.7 Å². The summed E-state index contributed by atoms with van der Waals surface area (Å²) in [5.41, 5.74) is 6.76. The van der Waals surface area contributed by atoms with Crippen molar-refractivity contribution in [3.63, 3.8) is 0 Å². The van der Waals surface area contributed by atoms with Gasteiger partial charge in [-0.2, -0.15) is 0 Å². The molecule has 1 aromatic carbocycles. The van der Waals surface area contributed by atoms with Crippen molar-refractivity contribution in [2.45, 2.75) is 26.2 Å². The van der Waals surface area contributed by atoms with Crippen LogP contribution in [0.3, 0.4) is 0 Å². The average Bonchev–Trinajstić information content (AvgIpc) is 2.38. The summed E-state index contributed by atoms with van der Waals surface area (Å²) in [6.07, 6.45) is 2.39. The Bertz CT molecular complexity index is 365. The molecule has 4 heteroatoms. The molecule has 100 valence electrons. The Morgan fingerprint density at radius 1 is 1.39 bits per heavy atom. The minimum atomic E-state index is 0.118. The fraction of sp³-hybridized carbons (Fsp3) is 0.500. The van der Waals surface area contributed by atoms with Gasteiger partial charge in [0.25, 0.3) is 0 Å². The number of nitrogens with one attached hydrogen (secondary N) is 1. The molecule has 0 bridgehead atoms. The molecule has 1 rings (SSSR count). The van der Waals surface area contributed by atoms with Gasteiger partial charge in [0.1, 0.15) is 0 Å². The van der Waals surface area contributed by atoms with Crippen molar-refractivity contribution >= 4 is 21.8 Å². The number of amides is 1. The van der Waals surface area contributed by atoms with Gasteiger partial charge in [-0.3, -0.25) is 4.79 Å². The van der Waals surface area contributed by atoms with Crippen molar-refractivity contribution < 1.29 is 4.79 Å². The van der Waals surface area contributed by atoms with Crippen molar-refractivity contribution in [3.05, 3.63) is 34.3 Å². The van der Waals surface area contributed by atoms with Crippen LogP contribution >= 0.6 is 15.9 Å². The lowest BCUT2D eigenvalue weighted by Gasteiger charge is -2.09. The normalized spacial score (nSPS) is 12.2. The second kappa shape index (κ2) is 8.27. The first-order valence-electron chi connectivity index (χ1n) is 6.33. The van der Waals surface area contributed by atoms with E-state index in [0.717, 1.165) is 17.3 Å². The second-order valence-electron chi connectivity index (χ2n) is 4.62. The molecule has 1 atom stereocenters. The average molecular weight is 313 g/mol. The molecule has 1 aromatic rings. The lowest BCUT2D eigenvalue weighted by molar-refractivity contribution is -0.121. The maximum atomic E-state index is 11.5. The maximum Gasteiger partial charge on any atom is 0.220 e. The molecule has 1 unspecified atom stereocenters. The summed E-state index contributed by atoms with van der Waals surface area (Å²) >= 11 is 3.40. The van der Waals surface area contributed by atoms with E-state index in [9.17, 15) is 4.79 Å². The van der Waals surface area contributed by atoms with E-state index in [4.69, 9.17) is 5.73 Å². The summed E-state index contributed by atoms with van der Waals surface area (Å²) in [6.45, 7) is 3.31. The molecule has 3 nitrogen and oxygen atoms in total. The van der Waals surface area contributed by atoms with Crippen LogP contribution in [0.4, 0.5) is 0 Å². The molecule has 0 aliphatic heterocycles. The zero-order valence-electron chi connectivity index (χ0n) is 10.8. The van der Waals surface area contributed by atoms with Crippen molar-refractivity contribution in [2.75, 3.05) is 13.1 Å². The molecule has 0 aliphatic rings. The molecule has 0 spiro atoms. The highest BCUT2D eigenvalue weighted by Gasteiger charge is 2.04. The Morgan fingerprint density at radius 3 is 2.67 bits per heavy atom. The third-order valence-electron chi connectivity index (χ3n) is 2.83. The van der Waals surface area contributed by atoms with Crippen LogP contribution in [-0.4, -0.2) is 19.0 Å². The van der Waals surface area contributed by atoms with Crippen molar-refractivity contribution in [1.29, 1.82) is 0 Å². The third kappa shape index (κ3) is 6.17. The first kappa shape index (κ1) is 15.2. The number of carbonyl (C=O) groups is 1. The second-order valence-corrected chi connectivity index (χ2v) is 5.54. The predicted molar refractivity (Wildman–Crippen MR) is 78.3 cm³/mol. The van der Waals surface area contributed by atoms with Gasteiger partial charge in [0.2, 0.25) is 5.91 Å². The largest absolute Gasteiger partial charge is 0.356 e. The van der Waals surface area contributed by atoms with Crippen molar-refractivity contribution in [1.82, 2.24) is 5.32 Å². The van der Waals surface area contributed by atoms with Crippen molar-refractivity contribution in [3.8, 4) is 0 Å². The van der Waals surface area contributed by atoms with Gasteiger partial charge in [-0.05, 0) is 43.0 Å². The molecular weight excluding hydrogens is 292 g/mol. The van der Waals surface area contributed by atoms with Crippen LogP contribution < -0.4 is 11.1 Å². The summed E-state index contributed by atoms with van der Waals surface area (Å²) in [6, 6.07) is 8.22. The van der Waals surface area contributed by atoms with E-state index in [1.54, 1.807) is 0 Å². The van der Waals surface area contributed by atoms with Gasteiger partial charge in [0.05, 0.1) is 0 Å². The predicted octanol–water partition coefficient (Wildman–Crippen LogP) is 2.48. The number of nitrogens with two attached hydrogens (primary N) is 1. The minimum Gasteiger partial charge on any atom is -0.356 e. The minimum absolute atomic E-state index is 0.118. The fourth-order valence-corrected chi connectivity index (χ4v) is 1.83. The highest BCUT2D eigenvalue weighted by atomic mass is 79.9. The van der Waals surface area contributed by atoms with Crippen LogP contribution in [-0.2, 0) is 11.2 Å². The van der Waals surface area contributed by atoms with E-state index in [1.165, 1.54) is 5.56 Å². The van der Waals surface area contributed by atoms with Crippen LogP contribution in [0.15, 0.2) is 28.7 Å². The molecular formula is C14H21BrN2O. The van der Waals surface area contributed by atoms with Gasteiger partial charge < -0.3 is 11.1 Å². The van der Waals surface area contributed by atoms with Crippen LogP contribution in [0, 0.1) is 5.92 Å². The van der Waals surface area contributed by atoms with Gasteiger partial charge in [0, 0.05) is 17.4 Å². The highest BCUT2D eigenvalue weighted by Crippen LogP contribution is 2.12. The zero-order valence-corrected chi connectivity index (χ0v) is 12.4. The first-order chi connectivity index (χ1) is 8.61. The number of benzene rings is 1. The standard InChI is InChI=1S/C14H21BrN2O/c1-11(9-16)10-17-14(18)4-2-3-12-5-7-13(15)8-6-12/h5-8,11H,2-4,9-10,16H2,1H3,(H,17,18). The molecule has 0 aliphatic carbocycles. The molecule has 0 radical (unpaired) electrons. The number of aryl methyl sites for hydroxylation is 1. The van der Waals surface area contributed by atoms with Crippen LogP contribution in [0.1, 0.15) is 25.3 Å². The van der Waals surface area contributed by atoms with E-state index in [1.807, 2.05) is 19.1 Å². The Labute approximate surface area is 117 Å². The first-order valence-corrected chi connectivity index (χ1v) is 7.12. The van der Waals surface area contributed by atoms with Gasteiger partial charge in [0.15, 0.2) is 0 Å². The summed E-state index contributed by atoms with van der Waals surface area (Å²) < 4.78 is 1.08. The molecule has 1 amide bonds. The summed E-state index contributed by atoms with van der Waals surface area (Å²) in [5, 5.41) is 2.90. The van der Waals surface area contributed by atoms with E-state index < -0.39 is 0 Å².